The van der Waals surface area contributed by atoms with Crippen LogP contribution in [0.15, 0.2) is 12.1 Å². The fourth-order valence-corrected chi connectivity index (χ4v) is 2.82. The first kappa shape index (κ1) is 18.5. The summed E-state index contributed by atoms with van der Waals surface area (Å²) in [5, 5.41) is 6.66. The third-order valence-electron chi connectivity index (χ3n) is 3.78. The van der Waals surface area contributed by atoms with E-state index in [1.165, 1.54) is 30.9 Å². The highest BCUT2D eigenvalue weighted by molar-refractivity contribution is 5.60. The van der Waals surface area contributed by atoms with E-state index < -0.39 is 0 Å². The lowest BCUT2D eigenvalue weighted by Crippen LogP contribution is -2.27. The van der Waals surface area contributed by atoms with E-state index in [4.69, 9.17) is 9.53 Å². The normalized spacial score (nSPS) is 15.0. The lowest BCUT2D eigenvalue weighted by Gasteiger charge is -2.26. The quantitative estimate of drug-likeness (QED) is 0.836. The molecule has 1 saturated heterocycles. The number of nitrogens with one attached hydrogen (secondary N) is 2. The molecular weight excluding hydrogens is 276 g/mol. The Bertz CT molecular complexity index is 466. The van der Waals surface area contributed by atoms with Crippen LogP contribution in [0.2, 0.25) is 0 Å². The van der Waals surface area contributed by atoms with E-state index >= 15 is 0 Å². The minimum absolute atomic E-state index is 0.204. The molecule has 1 aromatic rings. The number of anilines is 1. The third kappa shape index (κ3) is 5.34. The average Bonchev–Trinajstić information content (AvgIpc) is 2.50. The van der Waals surface area contributed by atoms with Crippen molar-refractivity contribution in [3.63, 3.8) is 0 Å². The van der Waals surface area contributed by atoms with Gasteiger partial charge in [-0.3, -0.25) is 0 Å². The van der Waals surface area contributed by atoms with Gasteiger partial charge >= 0.3 is 0 Å². The second-order valence-corrected chi connectivity index (χ2v) is 5.88. The second-order valence-electron chi connectivity index (χ2n) is 5.88. The zero-order valence-corrected chi connectivity index (χ0v) is 14.5. The van der Waals surface area contributed by atoms with Crippen molar-refractivity contribution in [1.29, 1.82) is 0 Å². The van der Waals surface area contributed by atoms with Gasteiger partial charge in [-0.2, -0.15) is 0 Å². The van der Waals surface area contributed by atoms with Gasteiger partial charge in [-0.05, 0) is 82.8 Å². The molecule has 0 unspecified atom stereocenters. The predicted octanol–water partition coefficient (Wildman–Crippen LogP) is 3.50. The van der Waals surface area contributed by atoms with Gasteiger partial charge in [-0.25, -0.2) is 0 Å². The van der Waals surface area contributed by atoms with Crippen molar-refractivity contribution in [2.75, 3.05) is 25.5 Å². The monoisotopic (exact) mass is 306 g/mol. The lowest BCUT2D eigenvalue weighted by atomic mass is 9.87. The van der Waals surface area contributed by atoms with Gasteiger partial charge in [0.05, 0.1) is 11.8 Å². The Kier molecular flexibility index (Phi) is 7.96. The van der Waals surface area contributed by atoms with Crippen LogP contribution in [-0.4, -0.2) is 32.5 Å². The molecule has 1 fully saturated rings. The second kappa shape index (κ2) is 9.46. The van der Waals surface area contributed by atoms with Crippen molar-refractivity contribution in [1.82, 2.24) is 5.32 Å². The number of benzene rings is 1. The molecule has 124 valence electrons. The van der Waals surface area contributed by atoms with Crippen molar-refractivity contribution in [2.24, 2.45) is 0 Å². The van der Waals surface area contributed by atoms with Crippen LogP contribution in [0.5, 0.6) is 5.75 Å². The number of rotatable bonds is 4. The van der Waals surface area contributed by atoms with Crippen molar-refractivity contribution >= 4 is 12.0 Å². The molecule has 2 N–H and O–H groups in total. The summed E-state index contributed by atoms with van der Waals surface area (Å²) in [4.78, 5) is 8.81. The Morgan fingerprint density at radius 3 is 2.41 bits per heavy atom. The summed E-state index contributed by atoms with van der Waals surface area (Å²) in [5.41, 5.74) is 3.91. The maximum Gasteiger partial charge on any atom is 0.143 e. The number of ether oxygens (including phenoxy) is 1. The van der Waals surface area contributed by atoms with Crippen molar-refractivity contribution < 1.29 is 9.53 Å². The summed E-state index contributed by atoms with van der Waals surface area (Å²) >= 11 is 0. The third-order valence-corrected chi connectivity index (χ3v) is 3.78. The maximum absolute atomic E-state index is 8.81. The molecule has 2 rings (SSSR count). The molecule has 0 saturated carbocycles. The molecule has 0 spiro atoms. The predicted molar refractivity (Wildman–Crippen MR) is 93.1 cm³/mol. The molecule has 0 bridgehead atoms. The van der Waals surface area contributed by atoms with Crippen LogP contribution in [0, 0.1) is 6.92 Å². The zero-order chi connectivity index (χ0) is 16.5. The fourth-order valence-electron chi connectivity index (χ4n) is 2.82. The summed E-state index contributed by atoms with van der Waals surface area (Å²) in [7, 11) is 1.95. The van der Waals surface area contributed by atoms with E-state index in [0.29, 0.717) is 5.92 Å². The van der Waals surface area contributed by atoms with Crippen LogP contribution in [0.1, 0.15) is 50.7 Å². The van der Waals surface area contributed by atoms with Gasteiger partial charge in [0.15, 0.2) is 0 Å². The first-order valence-electron chi connectivity index (χ1n) is 8.12. The highest BCUT2D eigenvalue weighted by atomic mass is 16.5. The van der Waals surface area contributed by atoms with Gasteiger partial charge in [0.25, 0.3) is 0 Å². The number of aryl methyl sites for hydroxylation is 1. The standard InChI is InChI=1S/C16H26N2O.C2H4O/c1-11(2)19-16-10-14(12(3)9-15(16)17-4)13-5-7-18-8-6-13;1-2-3/h9-11,13,17-18H,5-8H2,1-4H3;2H,1H3. The lowest BCUT2D eigenvalue weighted by molar-refractivity contribution is -0.106. The van der Waals surface area contributed by atoms with Gasteiger partial charge in [0.2, 0.25) is 0 Å². The minimum Gasteiger partial charge on any atom is -0.489 e. The Hall–Kier alpha value is -1.55. The van der Waals surface area contributed by atoms with E-state index in [0.717, 1.165) is 30.8 Å². The van der Waals surface area contributed by atoms with Crippen molar-refractivity contribution in [3.8, 4) is 5.75 Å². The number of hydrogen-bond acceptors (Lipinski definition) is 4. The number of hydrogen-bond donors (Lipinski definition) is 2. The number of aldehydes is 1. The minimum atomic E-state index is 0.204. The Labute approximate surface area is 134 Å². The molecule has 4 nitrogen and oxygen atoms in total. The van der Waals surface area contributed by atoms with Crippen LogP contribution in [0.4, 0.5) is 5.69 Å². The molecule has 0 aliphatic carbocycles. The van der Waals surface area contributed by atoms with Crippen LogP contribution in [-0.2, 0) is 4.79 Å². The largest absolute Gasteiger partial charge is 0.489 e. The molecule has 0 atom stereocenters. The molecule has 1 heterocycles. The molecule has 22 heavy (non-hydrogen) atoms. The molecule has 4 heteroatoms. The summed E-state index contributed by atoms with van der Waals surface area (Å²) < 4.78 is 5.94. The van der Waals surface area contributed by atoms with Gasteiger partial charge in [-0.15, -0.1) is 0 Å². The van der Waals surface area contributed by atoms with E-state index in [2.05, 4.69) is 43.5 Å². The van der Waals surface area contributed by atoms with Gasteiger partial charge in [0, 0.05) is 7.05 Å². The van der Waals surface area contributed by atoms with Gasteiger partial charge in [0.1, 0.15) is 12.0 Å². The number of piperidine rings is 1. The Balaban J connectivity index is 0.000000745. The van der Waals surface area contributed by atoms with Crippen LogP contribution < -0.4 is 15.4 Å². The number of carbonyl (C=O) groups is 1. The molecule has 0 amide bonds. The average molecular weight is 306 g/mol. The number of carbonyl (C=O) groups excluding carboxylic acids is 1. The van der Waals surface area contributed by atoms with Crippen LogP contribution in [0.25, 0.3) is 0 Å². The van der Waals surface area contributed by atoms with E-state index in [1.54, 1.807) is 0 Å². The molecular formula is C18H30N2O2. The smallest absolute Gasteiger partial charge is 0.143 e. The molecule has 1 aromatic carbocycles. The topological polar surface area (TPSA) is 50.4 Å². The van der Waals surface area contributed by atoms with Crippen molar-refractivity contribution in [2.45, 2.75) is 52.6 Å². The van der Waals surface area contributed by atoms with Gasteiger partial charge < -0.3 is 20.2 Å². The Morgan fingerprint density at radius 1 is 1.32 bits per heavy atom. The van der Waals surface area contributed by atoms with E-state index in [1.807, 2.05) is 7.05 Å². The zero-order valence-electron chi connectivity index (χ0n) is 14.5. The molecule has 1 aliphatic rings. The summed E-state index contributed by atoms with van der Waals surface area (Å²) in [6.45, 7) is 10.0. The first-order valence-corrected chi connectivity index (χ1v) is 8.12. The van der Waals surface area contributed by atoms with Crippen molar-refractivity contribution in [3.05, 3.63) is 23.3 Å². The first-order chi connectivity index (χ1) is 10.5. The Morgan fingerprint density at radius 2 is 1.91 bits per heavy atom. The maximum atomic E-state index is 8.81. The molecule has 1 aliphatic heterocycles. The van der Waals surface area contributed by atoms with E-state index in [9.17, 15) is 0 Å². The summed E-state index contributed by atoms with van der Waals surface area (Å²) in [5.74, 6) is 1.65. The summed E-state index contributed by atoms with van der Waals surface area (Å²) in [6, 6.07) is 4.46. The van der Waals surface area contributed by atoms with Gasteiger partial charge in [-0.1, -0.05) is 0 Å². The van der Waals surface area contributed by atoms with Crippen LogP contribution >= 0.6 is 0 Å². The van der Waals surface area contributed by atoms with Crippen LogP contribution in [0.3, 0.4) is 0 Å². The highest BCUT2D eigenvalue weighted by Crippen LogP contribution is 2.35. The van der Waals surface area contributed by atoms with E-state index in [-0.39, 0.29) is 6.10 Å². The molecule has 0 aromatic heterocycles. The summed E-state index contributed by atoms with van der Waals surface area (Å²) in [6.07, 6.45) is 3.40. The molecule has 0 radical (unpaired) electrons. The highest BCUT2D eigenvalue weighted by Gasteiger charge is 2.19. The SMILES string of the molecule is CC=O.CNc1cc(C)c(C2CCNCC2)cc1OC(C)C. The fraction of sp³-hybridized carbons (Fsp3) is 0.611.